The first kappa shape index (κ1) is 24.9. The van der Waals surface area contributed by atoms with Crippen molar-refractivity contribution < 1.29 is 22.1 Å². The minimum absolute atomic E-state index is 0.0953. The smallest absolute Gasteiger partial charge is 0.418 e. The first-order valence-corrected chi connectivity index (χ1v) is 12.6. The van der Waals surface area contributed by atoms with Crippen LogP contribution in [-0.4, -0.2) is 19.3 Å². The van der Waals surface area contributed by atoms with Crippen LogP contribution < -0.4 is 5.69 Å². The molecule has 0 unspecified atom stereocenters. The van der Waals surface area contributed by atoms with E-state index in [4.69, 9.17) is 8.94 Å². The van der Waals surface area contributed by atoms with E-state index < -0.39 is 17.4 Å². The Balaban J connectivity index is 1.54. The molecule has 39 heavy (non-hydrogen) atoms. The summed E-state index contributed by atoms with van der Waals surface area (Å²) in [6.45, 7) is -0.377. The third-order valence-electron chi connectivity index (χ3n) is 6.24. The Kier molecular flexibility index (Phi) is 6.22. The Morgan fingerprint density at radius 3 is 2.23 bits per heavy atom. The number of rotatable bonds is 6. The second-order valence-electron chi connectivity index (χ2n) is 8.81. The molecule has 0 radical (unpaired) electrons. The summed E-state index contributed by atoms with van der Waals surface area (Å²) in [4.78, 5) is 18.2. The molecule has 0 fully saturated rings. The van der Waals surface area contributed by atoms with Gasteiger partial charge in [-0.2, -0.15) is 13.2 Å². The molecule has 0 aliphatic rings. The van der Waals surface area contributed by atoms with Gasteiger partial charge >= 0.3 is 11.9 Å². The number of hydrogen-bond acceptors (Lipinski definition) is 5. The largest absolute Gasteiger partial charge is 0.467 e. The monoisotopic (exact) mass is 594 g/mol. The molecule has 11 heteroatoms. The predicted molar refractivity (Wildman–Crippen MR) is 141 cm³/mol. The molecule has 0 aliphatic carbocycles. The Hall–Kier alpha value is -4.38. The van der Waals surface area contributed by atoms with Gasteiger partial charge in [0, 0.05) is 21.7 Å². The van der Waals surface area contributed by atoms with Crippen molar-refractivity contribution in [1.82, 2.24) is 19.3 Å². The molecule has 0 saturated carbocycles. The molecule has 0 atom stereocenters. The van der Waals surface area contributed by atoms with Crippen molar-refractivity contribution in [2.75, 3.05) is 0 Å². The van der Waals surface area contributed by atoms with E-state index in [-0.39, 0.29) is 35.7 Å². The summed E-state index contributed by atoms with van der Waals surface area (Å²) in [5.74, 6) is 0.612. The standard InChI is InChI=1S/C28H18BrF3N4O3/c29-19-10-8-18(9-11-19)24-13-21(39-34-24)16-35-25-22(28(30,31)32)14-23(17-5-2-1-3-6-17)33-26(25)36(27(35)37)15-20-7-4-12-38-20/h1-14H,15-16H2. The van der Waals surface area contributed by atoms with Gasteiger partial charge in [0.25, 0.3) is 0 Å². The summed E-state index contributed by atoms with van der Waals surface area (Å²) in [7, 11) is 0. The summed E-state index contributed by atoms with van der Waals surface area (Å²) < 4.78 is 57.4. The van der Waals surface area contributed by atoms with E-state index in [0.29, 0.717) is 17.0 Å². The van der Waals surface area contributed by atoms with Crippen LogP contribution in [0.25, 0.3) is 33.7 Å². The quantitative estimate of drug-likeness (QED) is 0.208. The maximum absolute atomic E-state index is 14.5. The molecular formula is C28H18BrF3N4O3. The van der Waals surface area contributed by atoms with Gasteiger partial charge < -0.3 is 8.94 Å². The zero-order valence-corrected chi connectivity index (χ0v) is 21.6. The van der Waals surface area contributed by atoms with Gasteiger partial charge in [-0.1, -0.05) is 63.6 Å². The van der Waals surface area contributed by atoms with Crippen LogP contribution in [0.2, 0.25) is 0 Å². The molecule has 0 spiro atoms. The molecule has 0 N–H and O–H groups in total. The minimum atomic E-state index is -4.76. The Bertz CT molecular complexity index is 1820. The molecule has 2 aromatic carbocycles. The fraction of sp³-hybridized carbons (Fsp3) is 0.107. The van der Waals surface area contributed by atoms with E-state index in [1.807, 2.05) is 24.3 Å². The van der Waals surface area contributed by atoms with Crippen molar-refractivity contribution >= 4 is 27.1 Å². The van der Waals surface area contributed by atoms with Crippen LogP contribution in [0.3, 0.4) is 0 Å². The van der Waals surface area contributed by atoms with Gasteiger partial charge in [0.05, 0.1) is 30.6 Å². The van der Waals surface area contributed by atoms with E-state index in [0.717, 1.165) is 20.7 Å². The van der Waals surface area contributed by atoms with Gasteiger partial charge in [0.2, 0.25) is 0 Å². The van der Waals surface area contributed by atoms with Gasteiger partial charge in [-0.05, 0) is 30.3 Å². The van der Waals surface area contributed by atoms with Crippen LogP contribution in [0.15, 0.2) is 103 Å². The average Bonchev–Trinajstić information content (AvgIpc) is 3.67. The second-order valence-corrected chi connectivity index (χ2v) is 9.73. The molecule has 7 nitrogen and oxygen atoms in total. The van der Waals surface area contributed by atoms with Crippen LogP contribution in [0.1, 0.15) is 17.1 Å². The van der Waals surface area contributed by atoms with Gasteiger partial charge in [0.1, 0.15) is 17.0 Å². The lowest BCUT2D eigenvalue weighted by Crippen LogP contribution is -2.25. The van der Waals surface area contributed by atoms with Crippen LogP contribution in [-0.2, 0) is 19.3 Å². The molecule has 196 valence electrons. The number of pyridine rings is 1. The highest BCUT2D eigenvalue weighted by molar-refractivity contribution is 9.10. The second kappa shape index (κ2) is 9.73. The third-order valence-corrected chi connectivity index (χ3v) is 6.77. The molecule has 4 heterocycles. The number of halogens is 4. The Labute approximate surface area is 227 Å². The fourth-order valence-electron chi connectivity index (χ4n) is 4.43. The minimum Gasteiger partial charge on any atom is -0.467 e. The van der Waals surface area contributed by atoms with Crippen LogP contribution in [0, 0.1) is 0 Å². The van der Waals surface area contributed by atoms with Gasteiger partial charge in [-0.15, -0.1) is 0 Å². The van der Waals surface area contributed by atoms with Crippen molar-refractivity contribution in [3.05, 3.63) is 117 Å². The third kappa shape index (κ3) is 4.81. The van der Waals surface area contributed by atoms with Crippen LogP contribution in [0.5, 0.6) is 0 Å². The summed E-state index contributed by atoms with van der Waals surface area (Å²) in [5, 5.41) is 4.05. The van der Waals surface area contributed by atoms with E-state index in [9.17, 15) is 18.0 Å². The Morgan fingerprint density at radius 2 is 1.54 bits per heavy atom. The first-order valence-electron chi connectivity index (χ1n) is 11.8. The lowest BCUT2D eigenvalue weighted by Gasteiger charge is -2.12. The molecular weight excluding hydrogens is 577 g/mol. The SMILES string of the molecule is O=c1n(Cc2ccco2)c2nc(-c3ccccc3)cc(C(F)(F)F)c2n1Cc1cc(-c2ccc(Br)cc2)no1. The average molecular weight is 595 g/mol. The summed E-state index contributed by atoms with van der Waals surface area (Å²) in [6, 6.07) is 21.7. The van der Waals surface area contributed by atoms with Crippen LogP contribution >= 0.6 is 15.9 Å². The van der Waals surface area contributed by atoms with Gasteiger partial charge in [0.15, 0.2) is 11.4 Å². The zero-order chi connectivity index (χ0) is 27.1. The van der Waals surface area contributed by atoms with Crippen LogP contribution in [0.4, 0.5) is 13.2 Å². The number of fused-ring (bicyclic) bond motifs is 1. The van der Waals surface area contributed by atoms with Crippen molar-refractivity contribution in [2.24, 2.45) is 0 Å². The van der Waals surface area contributed by atoms with E-state index >= 15 is 0 Å². The molecule has 0 bridgehead atoms. The highest BCUT2D eigenvalue weighted by atomic mass is 79.9. The number of furan rings is 1. The fourth-order valence-corrected chi connectivity index (χ4v) is 4.70. The van der Waals surface area contributed by atoms with Crippen molar-refractivity contribution in [2.45, 2.75) is 19.3 Å². The first-order chi connectivity index (χ1) is 18.8. The zero-order valence-electron chi connectivity index (χ0n) is 20.0. The van der Waals surface area contributed by atoms with E-state index in [2.05, 4.69) is 26.1 Å². The van der Waals surface area contributed by atoms with Gasteiger partial charge in [-0.25, -0.2) is 9.78 Å². The Morgan fingerprint density at radius 1 is 0.821 bits per heavy atom. The van der Waals surface area contributed by atoms with Crippen molar-refractivity contribution in [3.8, 4) is 22.5 Å². The molecule has 4 aromatic heterocycles. The van der Waals surface area contributed by atoms with Gasteiger partial charge in [-0.3, -0.25) is 9.13 Å². The number of imidazole rings is 1. The van der Waals surface area contributed by atoms with Crippen molar-refractivity contribution in [3.63, 3.8) is 0 Å². The predicted octanol–water partition coefficient (Wildman–Crippen LogP) is 6.99. The molecule has 0 amide bonds. The number of aromatic nitrogens is 4. The molecule has 6 rings (SSSR count). The highest BCUT2D eigenvalue weighted by Crippen LogP contribution is 2.37. The maximum atomic E-state index is 14.5. The highest BCUT2D eigenvalue weighted by Gasteiger charge is 2.37. The number of alkyl halides is 3. The van der Waals surface area contributed by atoms with E-state index in [1.165, 1.54) is 10.8 Å². The summed E-state index contributed by atoms with van der Waals surface area (Å²) in [6.07, 6.45) is -3.33. The number of hydrogen-bond donors (Lipinski definition) is 0. The lowest BCUT2D eigenvalue weighted by molar-refractivity contribution is -0.136. The maximum Gasteiger partial charge on any atom is 0.418 e. The molecule has 0 saturated heterocycles. The normalized spacial score (nSPS) is 11.9. The molecule has 0 aliphatic heterocycles. The topological polar surface area (TPSA) is 79.0 Å². The summed E-state index contributed by atoms with van der Waals surface area (Å²) >= 11 is 3.38. The lowest BCUT2D eigenvalue weighted by atomic mass is 10.1. The number of benzene rings is 2. The number of nitrogens with zero attached hydrogens (tertiary/aromatic N) is 4. The summed E-state index contributed by atoms with van der Waals surface area (Å²) in [5.41, 5.74) is -0.295. The van der Waals surface area contributed by atoms with Crippen molar-refractivity contribution in [1.29, 1.82) is 0 Å². The van der Waals surface area contributed by atoms with E-state index in [1.54, 1.807) is 48.5 Å². The molecule has 6 aromatic rings.